The Morgan fingerprint density at radius 3 is 2.59 bits per heavy atom. The number of aryl methyl sites for hydroxylation is 1. The Balaban J connectivity index is 2.35. The number of aromatic nitrogens is 2. The minimum absolute atomic E-state index is 0.123. The summed E-state index contributed by atoms with van der Waals surface area (Å²) in [4.78, 5) is 9.93. The highest BCUT2D eigenvalue weighted by Crippen LogP contribution is 2.28. The molecule has 1 heterocycles. The predicted molar refractivity (Wildman–Crippen MR) is 81.5 cm³/mol. The number of hydrogen-bond acceptors (Lipinski definition) is 6. The third kappa shape index (κ3) is 3.42. The van der Waals surface area contributed by atoms with Crippen LogP contribution < -0.4 is 5.32 Å². The molecule has 2 aromatic rings. The summed E-state index contributed by atoms with van der Waals surface area (Å²) in [6.45, 7) is 1.89. The second-order valence-corrected chi connectivity index (χ2v) is 7.01. The third-order valence-corrected chi connectivity index (χ3v) is 4.29. The lowest BCUT2D eigenvalue weighted by Crippen LogP contribution is -2.08. The average molecular weight is 324 g/mol. The minimum atomic E-state index is -3.70. The number of nitro groups is 1. The first kappa shape index (κ1) is 16.0. The van der Waals surface area contributed by atoms with Gasteiger partial charge in [-0.1, -0.05) is 0 Å². The van der Waals surface area contributed by atoms with Crippen LogP contribution in [-0.2, 0) is 16.9 Å². The summed E-state index contributed by atoms with van der Waals surface area (Å²) in [5, 5.41) is 18.1. The van der Waals surface area contributed by atoms with Gasteiger partial charge in [0.05, 0.1) is 17.2 Å². The Kier molecular flexibility index (Phi) is 4.18. The normalized spacial score (nSPS) is 12.9. The maximum Gasteiger partial charge on any atom is 0.288 e. The van der Waals surface area contributed by atoms with E-state index < -0.39 is 20.4 Å². The van der Waals surface area contributed by atoms with Crippen LogP contribution >= 0.6 is 0 Å². The number of hydrogen-bond donors (Lipinski definition) is 1. The van der Waals surface area contributed by atoms with Gasteiger partial charge in [-0.3, -0.25) is 14.8 Å². The second-order valence-electron chi connectivity index (χ2n) is 5.03. The second kappa shape index (κ2) is 5.76. The van der Waals surface area contributed by atoms with Crippen LogP contribution in [-0.4, -0.2) is 29.4 Å². The molecule has 22 heavy (non-hydrogen) atoms. The monoisotopic (exact) mass is 324 g/mol. The van der Waals surface area contributed by atoms with E-state index >= 15 is 0 Å². The van der Waals surface area contributed by atoms with Crippen molar-refractivity contribution in [3.05, 3.63) is 46.3 Å². The van der Waals surface area contributed by atoms with Gasteiger partial charge in [-0.25, -0.2) is 8.42 Å². The molecule has 0 saturated carbocycles. The molecule has 1 aromatic carbocycles. The van der Waals surface area contributed by atoms with Crippen LogP contribution in [0, 0.1) is 10.1 Å². The SMILES string of the molecule is CC(Nc1ccc([N+](=O)[O-])c(S(C)(=O)=O)c1)c1cnn(C)c1. The van der Waals surface area contributed by atoms with Crippen LogP contribution in [0.3, 0.4) is 0 Å². The highest BCUT2D eigenvalue weighted by molar-refractivity contribution is 7.90. The summed E-state index contributed by atoms with van der Waals surface area (Å²) in [7, 11) is -1.90. The van der Waals surface area contributed by atoms with Gasteiger partial charge in [-0.15, -0.1) is 0 Å². The first-order valence-corrected chi connectivity index (χ1v) is 8.31. The molecule has 0 fully saturated rings. The van der Waals surface area contributed by atoms with Gasteiger partial charge in [-0.05, 0) is 19.1 Å². The number of benzene rings is 1. The molecule has 0 aliphatic rings. The van der Waals surface area contributed by atoms with Crippen molar-refractivity contribution in [1.82, 2.24) is 9.78 Å². The van der Waals surface area contributed by atoms with Gasteiger partial charge < -0.3 is 5.32 Å². The van der Waals surface area contributed by atoms with Gasteiger partial charge >= 0.3 is 0 Å². The van der Waals surface area contributed by atoms with E-state index in [1.54, 1.807) is 17.9 Å². The fraction of sp³-hybridized carbons (Fsp3) is 0.308. The molecule has 1 aromatic heterocycles. The number of nitro benzene ring substituents is 1. The van der Waals surface area contributed by atoms with E-state index in [-0.39, 0.29) is 10.9 Å². The van der Waals surface area contributed by atoms with Crippen LogP contribution in [0.1, 0.15) is 18.5 Å². The van der Waals surface area contributed by atoms with Crippen molar-refractivity contribution in [2.75, 3.05) is 11.6 Å². The van der Waals surface area contributed by atoms with Crippen molar-refractivity contribution in [1.29, 1.82) is 0 Å². The zero-order valence-electron chi connectivity index (χ0n) is 12.3. The van der Waals surface area contributed by atoms with Crippen molar-refractivity contribution in [3.63, 3.8) is 0 Å². The summed E-state index contributed by atoms with van der Waals surface area (Å²) < 4.78 is 25.1. The molecule has 1 N–H and O–H groups in total. The summed E-state index contributed by atoms with van der Waals surface area (Å²) in [6.07, 6.45) is 4.48. The van der Waals surface area contributed by atoms with Crippen LogP contribution in [0.15, 0.2) is 35.5 Å². The molecule has 0 amide bonds. The van der Waals surface area contributed by atoms with Gasteiger partial charge in [0.25, 0.3) is 5.69 Å². The summed E-state index contributed by atoms with van der Waals surface area (Å²) in [5.41, 5.74) is 0.978. The Hall–Kier alpha value is -2.42. The van der Waals surface area contributed by atoms with E-state index in [1.165, 1.54) is 18.2 Å². The molecular formula is C13H16N4O4S. The first-order chi connectivity index (χ1) is 10.2. The lowest BCUT2D eigenvalue weighted by Gasteiger charge is -2.14. The molecule has 0 aliphatic carbocycles. The molecule has 1 atom stereocenters. The van der Waals surface area contributed by atoms with E-state index in [2.05, 4.69) is 10.4 Å². The Morgan fingerprint density at radius 1 is 1.41 bits per heavy atom. The lowest BCUT2D eigenvalue weighted by molar-refractivity contribution is -0.387. The first-order valence-electron chi connectivity index (χ1n) is 6.42. The van der Waals surface area contributed by atoms with Crippen LogP contribution in [0.4, 0.5) is 11.4 Å². The maximum absolute atomic E-state index is 11.7. The van der Waals surface area contributed by atoms with Crippen molar-refractivity contribution in [2.45, 2.75) is 17.9 Å². The Morgan fingerprint density at radius 2 is 2.09 bits per heavy atom. The van der Waals surface area contributed by atoms with Gasteiger partial charge in [0.1, 0.15) is 4.90 Å². The Bertz CT molecular complexity index is 813. The zero-order valence-corrected chi connectivity index (χ0v) is 13.2. The molecule has 0 saturated heterocycles. The van der Waals surface area contributed by atoms with Crippen molar-refractivity contribution in [3.8, 4) is 0 Å². The molecule has 1 unspecified atom stereocenters. The van der Waals surface area contributed by atoms with Crippen LogP contribution in [0.25, 0.3) is 0 Å². The van der Waals surface area contributed by atoms with E-state index in [1.807, 2.05) is 13.1 Å². The highest BCUT2D eigenvalue weighted by atomic mass is 32.2. The molecule has 8 nitrogen and oxygen atoms in total. The average Bonchev–Trinajstić information content (AvgIpc) is 2.84. The molecule has 0 bridgehead atoms. The zero-order chi connectivity index (χ0) is 16.5. The third-order valence-electron chi connectivity index (χ3n) is 3.16. The minimum Gasteiger partial charge on any atom is -0.378 e. The van der Waals surface area contributed by atoms with E-state index in [9.17, 15) is 18.5 Å². The van der Waals surface area contributed by atoms with Crippen LogP contribution in [0.2, 0.25) is 0 Å². The number of sulfone groups is 1. The summed E-state index contributed by atoms with van der Waals surface area (Å²) in [5.74, 6) is 0. The Labute approximate surface area is 127 Å². The van der Waals surface area contributed by atoms with Crippen molar-refractivity contribution in [2.24, 2.45) is 7.05 Å². The fourth-order valence-corrected chi connectivity index (χ4v) is 2.91. The molecule has 118 valence electrons. The van der Waals surface area contributed by atoms with E-state index in [4.69, 9.17) is 0 Å². The fourth-order valence-electron chi connectivity index (χ4n) is 2.05. The largest absolute Gasteiger partial charge is 0.378 e. The van der Waals surface area contributed by atoms with E-state index in [0.29, 0.717) is 5.69 Å². The maximum atomic E-state index is 11.7. The van der Waals surface area contributed by atoms with E-state index in [0.717, 1.165) is 11.8 Å². The van der Waals surface area contributed by atoms with Gasteiger partial charge in [0.2, 0.25) is 0 Å². The molecule has 9 heteroatoms. The van der Waals surface area contributed by atoms with Gasteiger partial charge in [0, 0.05) is 36.8 Å². The molecule has 0 aliphatic heterocycles. The number of nitrogens with one attached hydrogen (secondary N) is 1. The van der Waals surface area contributed by atoms with Gasteiger partial charge in [-0.2, -0.15) is 5.10 Å². The summed E-state index contributed by atoms with van der Waals surface area (Å²) in [6, 6.07) is 3.83. The topological polar surface area (TPSA) is 107 Å². The van der Waals surface area contributed by atoms with Crippen molar-refractivity contribution >= 4 is 21.2 Å². The standard InChI is InChI=1S/C13H16N4O4S/c1-9(10-7-14-16(2)8-10)15-11-4-5-12(17(18)19)13(6-11)22(3,20)21/h4-9,15H,1-3H3. The molecule has 0 spiro atoms. The van der Waals surface area contributed by atoms with Crippen LogP contribution in [0.5, 0.6) is 0 Å². The highest BCUT2D eigenvalue weighted by Gasteiger charge is 2.22. The quantitative estimate of drug-likeness (QED) is 0.665. The molecular weight excluding hydrogens is 308 g/mol. The lowest BCUT2D eigenvalue weighted by atomic mass is 10.2. The smallest absolute Gasteiger partial charge is 0.288 e. The number of rotatable bonds is 5. The molecule has 0 radical (unpaired) electrons. The number of nitrogens with zero attached hydrogens (tertiary/aromatic N) is 3. The number of anilines is 1. The summed E-state index contributed by atoms with van der Waals surface area (Å²) >= 11 is 0. The predicted octanol–water partition coefficient (Wildman–Crippen LogP) is 1.90. The van der Waals surface area contributed by atoms with Crippen molar-refractivity contribution < 1.29 is 13.3 Å². The van der Waals surface area contributed by atoms with Gasteiger partial charge in [0.15, 0.2) is 9.84 Å². The molecule has 2 rings (SSSR count).